The standard InChI is InChI=1S/C12H17FO/c1-9-4-6-10(7-5-9)8-11(13)12(2,3)14/h4-7,11,14H,8H2,1-3H3/t11-/m1/s1. The molecule has 0 saturated carbocycles. The molecule has 0 aliphatic rings. The first-order valence-electron chi connectivity index (χ1n) is 4.81. The Balaban J connectivity index is 2.65. The topological polar surface area (TPSA) is 20.2 Å². The van der Waals surface area contributed by atoms with Gasteiger partial charge in [-0.1, -0.05) is 29.8 Å². The van der Waals surface area contributed by atoms with Crippen LogP contribution in [0, 0.1) is 6.92 Å². The van der Waals surface area contributed by atoms with Crippen LogP contribution in [0.15, 0.2) is 24.3 Å². The summed E-state index contributed by atoms with van der Waals surface area (Å²) >= 11 is 0. The van der Waals surface area contributed by atoms with Gasteiger partial charge in [-0.3, -0.25) is 0 Å². The van der Waals surface area contributed by atoms with E-state index < -0.39 is 11.8 Å². The van der Waals surface area contributed by atoms with Crippen molar-refractivity contribution in [2.45, 2.75) is 39.0 Å². The van der Waals surface area contributed by atoms with E-state index in [0.717, 1.165) is 11.1 Å². The second-order valence-corrected chi connectivity index (χ2v) is 4.31. The molecule has 1 atom stereocenters. The van der Waals surface area contributed by atoms with Gasteiger partial charge in [0.25, 0.3) is 0 Å². The fourth-order valence-corrected chi connectivity index (χ4v) is 1.18. The van der Waals surface area contributed by atoms with Gasteiger partial charge in [-0.15, -0.1) is 0 Å². The smallest absolute Gasteiger partial charge is 0.132 e. The summed E-state index contributed by atoms with van der Waals surface area (Å²) in [4.78, 5) is 0. The van der Waals surface area contributed by atoms with E-state index in [4.69, 9.17) is 0 Å². The van der Waals surface area contributed by atoms with Gasteiger partial charge in [0.15, 0.2) is 0 Å². The summed E-state index contributed by atoms with van der Waals surface area (Å²) in [5.41, 5.74) is 0.822. The van der Waals surface area contributed by atoms with Crippen LogP contribution in [-0.2, 0) is 6.42 Å². The van der Waals surface area contributed by atoms with Crippen molar-refractivity contribution < 1.29 is 9.50 Å². The highest BCUT2D eigenvalue weighted by atomic mass is 19.1. The molecule has 0 bridgehead atoms. The van der Waals surface area contributed by atoms with Crippen molar-refractivity contribution in [2.75, 3.05) is 0 Å². The summed E-state index contributed by atoms with van der Waals surface area (Å²) in [7, 11) is 0. The van der Waals surface area contributed by atoms with Crippen molar-refractivity contribution in [3.05, 3.63) is 35.4 Å². The van der Waals surface area contributed by atoms with Gasteiger partial charge in [0, 0.05) is 6.42 Å². The summed E-state index contributed by atoms with van der Waals surface area (Å²) in [6, 6.07) is 7.69. The largest absolute Gasteiger partial charge is 0.387 e. The predicted molar refractivity (Wildman–Crippen MR) is 56.1 cm³/mol. The molecule has 1 aromatic rings. The zero-order valence-electron chi connectivity index (χ0n) is 8.92. The Labute approximate surface area is 84.6 Å². The van der Waals surface area contributed by atoms with Crippen LogP contribution in [0.3, 0.4) is 0 Å². The van der Waals surface area contributed by atoms with E-state index in [-0.39, 0.29) is 6.42 Å². The monoisotopic (exact) mass is 196 g/mol. The van der Waals surface area contributed by atoms with Crippen LogP contribution in [0.5, 0.6) is 0 Å². The first-order valence-corrected chi connectivity index (χ1v) is 4.81. The highest BCUT2D eigenvalue weighted by Gasteiger charge is 2.26. The van der Waals surface area contributed by atoms with Crippen LogP contribution in [-0.4, -0.2) is 16.9 Å². The molecule has 1 nitrogen and oxygen atoms in total. The van der Waals surface area contributed by atoms with Crippen molar-refractivity contribution in [3.63, 3.8) is 0 Å². The number of hydrogen-bond acceptors (Lipinski definition) is 1. The van der Waals surface area contributed by atoms with Crippen molar-refractivity contribution >= 4 is 0 Å². The molecule has 14 heavy (non-hydrogen) atoms. The Bertz CT molecular complexity index is 284. The molecule has 1 aromatic carbocycles. The molecule has 0 aromatic heterocycles. The van der Waals surface area contributed by atoms with E-state index in [1.54, 1.807) is 0 Å². The van der Waals surface area contributed by atoms with Crippen molar-refractivity contribution in [1.29, 1.82) is 0 Å². The molecular formula is C12H17FO. The Morgan fingerprint density at radius 3 is 2.21 bits per heavy atom. The first-order chi connectivity index (χ1) is 6.39. The predicted octanol–water partition coefficient (Wildman–Crippen LogP) is 2.65. The van der Waals surface area contributed by atoms with Gasteiger partial charge in [-0.25, -0.2) is 4.39 Å². The SMILES string of the molecule is Cc1ccc(C[C@@H](F)C(C)(C)O)cc1. The molecule has 2 heteroatoms. The van der Waals surface area contributed by atoms with Gasteiger partial charge in [0.2, 0.25) is 0 Å². The quantitative estimate of drug-likeness (QED) is 0.788. The van der Waals surface area contributed by atoms with Gasteiger partial charge in [0.05, 0.1) is 5.60 Å². The Morgan fingerprint density at radius 2 is 1.79 bits per heavy atom. The Hall–Kier alpha value is -0.890. The van der Waals surface area contributed by atoms with Crippen LogP contribution in [0.4, 0.5) is 4.39 Å². The summed E-state index contributed by atoms with van der Waals surface area (Å²) in [6.07, 6.45) is -0.950. The molecule has 0 radical (unpaired) electrons. The number of halogens is 1. The zero-order valence-corrected chi connectivity index (χ0v) is 8.92. The summed E-state index contributed by atoms with van der Waals surface area (Å²) in [6.45, 7) is 4.98. The molecule has 1 rings (SSSR count). The van der Waals surface area contributed by atoms with Gasteiger partial charge >= 0.3 is 0 Å². The number of rotatable bonds is 3. The highest BCUT2D eigenvalue weighted by molar-refractivity contribution is 5.22. The van der Waals surface area contributed by atoms with E-state index in [2.05, 4.69) is 0 Å². The maximum Gasteiger partial charge on any atom is 0.132 e. The number of aryl methyl sites for hydroxylation is 1. The molecule has 0 fully saturated rings. The maximum atomic E-state index is 13.4. The lowest BCUT2D eigenvalue weighted by molar-refractivity contribution is -0.00259. The van der Waals surface area contributed by atoms with Crippen molar-refractivity contribution in [3.8, 4) is 0 Å². The minimum absolute atomic E-state index is 0.268. The number of aliphatic hydroxyl groups is 1. The van der Waals surface area contributed by atoms with Crippen LogP contribution in [0.2, 0.25) is 0 Å². The lowest BCUT2D eigenvalue weighted by Gasteiger charge is -2.22. The van der Waals surface area contributed by atoms with Gasteiger partial charge < -0.3 is 5.11 Å². The maximum absolute atomic E-state index is 13.4. The van der Waals surface area contributed by atoms with E-state index in [0.29, 0.717) is 0 Å². The lowest BCUT2D eigenvalue weighted by atomic mass is 9.96. The molecular weight excluding hydrogens is 179 g/mol. The minimum Gasteiger partial charge on any atom is -0.387 e. The summed E-state index contributed by atoms with van der Waals surface area (Å²) in [5.74, 6) is 0. The second-order valence-electron chi connectivity index (χ2n) is 4.31. The van der Waals surface area contributed by atoms with E-state index in [9.17, 15) is 9.50 Å². The number of benzene rings is 1. The zero-order chi connectivity index (χ0) is 10.8. The van der Waals surface area contributed by atoms with Gasteiger partial charge in [-0.2, -0.15) is 0 Å². The van der Waals surface area contributed by atoms with Gasteiger partial charge in [-0.05, 0) is 26.3 Å². The molecule has 0 heterocycles. The third-order valence-electron chi connectivity index (χ3n) is 2.30. The first kappa shape index (κ1) is 11.2. The van der Waals surface area contributed by atoms with Crippen LogP contribution >= 0.6 is 0 Å². The van der Waals surface area contributed by atoms with Crippen molar-refractivity contribution in [1.82, 2.24) is 0 Å². The highest BCUT2D eigenvalue weighted by Crippen LogP contribution is 2.17. The van der Waals surface area contributed by atoms with Gasteiger partial charge in [0.1, 0.15) is 6.17 Å². The Morgan fingerprint density at radius 1 is 1.29 bits per heavy atom. The molecule has 1 N–H and O–H groups in total. The van der Waals surface area contributed by atoms with Crippen LogP contribution < -0.4 is 0 Å². The summed E-state index contributed by atoms with van der Waals surface area (Å²) < 4.78 is 13.4. The normalized spacial score (nSPS) is 14.1. The van der Waals surface area contributed by atoms with Crippen LogP contribution in [0.25, 0.3) is 0 Å². The van der Waals surface area contributed by atoms with Crippen molar-refractivity contribution in [2.24, 2.45) is 0 Å². The number of alkyl halides is 1. The number of hydrogen-bond donors (Lipinski definition) is 1. The molecule has 0 unspecified atom stereocenters. The average Bonchev–Trinajstić information content (AvgIpc) is 2.07. The molecule has 0 aliphatic heterocycles. The second kappa shape index (κ2) is 4.09. The fraction of sp³-hybridized carbons (Fsp3) is 0.500. The molecule has 0 amide bonds. The molecule has 0 spiro atoms. The van der Waals surface area contributed by atoms with Crippen LogP contribution in [0.1, 0.15) is 25.0 Å². The molecule has 0 aliphatic carbocycles. The van der Waals surface area contributed by atoms with E-state index >= 15 is 0 Å². The van der Waals surface area contributed by atoms with E-state index in [1.165, 1.54) is 13.8 Å². The Kier molecular flexibility index (Phi) is 3.27. The average molecular weight is 196 g/mol. The van der Waals surface area contributed by atoms with E-state index in [1.807, 2.05) is 31.2 Å². The molecule has 78 valence electrons. The lowest BCUT2D eigenvalue weighted by Crippen LogP contribution is -2.34. The minimum atomic E-state index is -1.26. The fourth-order valence-electron chi connectivity index (χ4n) is 1.18. The summed E-state index contributed by atoms with van der Waals surface area (Å²) in [5, 5.41) is 9.43. The third kappa shape index (κ3) is 3.11. The third-order valence-corrected chi connectivity index (χ3v) is 2.30. The molecule has 0 saturated heterocycles.